The van der Waals surface area contributed by atoms with Crippen molar-refractivity contribution in [3.8, 4) is 0 Å². The highest BCUT2D eigenvalue weighted by molar-refractivity contribution is 6.07. The van der Waals surface area contributed by atoms with Gasteiger partial charge in [0.15, 0.2) is 0 Å². The minimum Gasteiger partial charge on any atom is -0.355 e. The van der Waals surface area contributed by atoms with Gasteiger partial charge in [0.1, 0.15) is 0 Å². The van der Waals surface area contributed by atoms with Crippen molar-refractivity contribution in [3.05, 3.63) is 47.5 Å². The van der Waals surface area contributed by atoms with Gasteiger partial charge < -0.3 is 4.98 Å². The first-order valence-electron chi connectivity index (χ1n) is 7.42. The third kappa shape index (κ3) is 2.11. The van der Waals surface area contributed by atoms with E-state index in [1.54, 1.807) is 0 Å². The van der Waals surface area contributed by atoms with Gasteiger partial charge in [-0.05, 0) is 46.7 Å². The first-order chi connectivity index (χ1) is 9.36. The number of nitrogens with one attached hydrogen (secondary N) is 1. The van der Waals surface area contributed by atoms with Crippen LogP contribution in [-0.4, -0.2) is 4.98 Å². The molecule has 0 aliphatic carbocycles. The SMILES string of the molecule is CC(C)c1ccc2[nH]c3ccc(C(C)(C)C)cc3c2c1. The van der Waals surface area contributed by atoms with E-state index < -0.39 is 0 Å². The molecule has 20 heavy (non-hydrogen) atoms. The number of aromatic nitrogens is 1. The van der Waals surface area contributed by atoms with Crippen LogP contribution in [-0.2, 0) is 5.41 Å². The van der Waals surface area contributed by atoms with Crippen molar-refractivity contribution < 1.29 is 0 Å². The number of H-pyrrole nitrogens is 1. The predicted octanol–water partition coefficient (Wildman–Crippen LogP) is 5.74. The number of benzene rings is 2. The molecule has 104 valence electrons. The monoisotopic (exact) mass is 265 g/mol. The van der Waals surface area contributed by atoms with E-state index in [-0.39, 0.29) is 5.41 Å². The van der Waals surface area contributed by atoms with Gasteiger partial charge in [-0.2, -0.15) is 0 Å². The maximum Gasteiger partial charge on any atom is 0.0465 e. The van der Waals surface area contributed by atoms with Crippen LogP contribution in [0.5, 0.6) is 0 Å². The molecule has 3 aromatic rings. The molecule has 0 saturated heterocycles. The molecule has 0 bridgehead atoms. The number of rotatable bonds is 1. The molecule has 1 heteroatoms. The molecular weight excluding hydrogens is 242 g/mol. The second kappa shape index (κ2) is 4.37. The Labute approximate surface area is 121 Å². The second-order valence-corrected chi connectivity index (χ2v) is 7.10. The van der Waals surface area contributed by atoms with E-state index in [1.165, 1.54) is 32.9 Å². The Morgan fingerprint density at radius 3 is 2.05 bits per heavy atom. The fourth-order valence-electron chi connectivity index (χ4n) is 2.74. The summed E-state index contributed by atoms with van der Waals surface area (Å²) in [6.07, 6.45) is 0. The lowest BCUT2D eigenvalue weighted by Crippen LogP contribution is -2.10. The Balaban J connectivity index is 2.31. The van der Waals surface area contributed by atoms with Crippen LogP contribution in [0.25, 0.3) is 21.8 Å². The summed E-state index contributed by atoms with van der Waals surface area (Å²) in [7, 11) is 0. The smallest absolute Gasteiger partial charge is 0.0465 e. The normalized spacial score (nSPS) is 12.7. The number of fused-ring (bicyclic) bond motifs is 3. The first-order valence-corrected chi connectivity index (χ1v) is 7.42. The zero-order valence-corrected chi connectivity index (χ0v) is 13.0. The van der Waals surface area contributed by atoms with Crippen molar-refractivity contribution in [3.63, 3.8) is 0 Å². The Morgan fingerprint density at radius 2 is 1.45 bits per heavy atom. The van der Waals surface area contributed by atoms with Gasteiger partial charge in [-0.1, -0.05) is 46.8 Å². The minimum absolute atomic E-state index is 0.188. The number of hydrogen-bond donors (Lipinski definition) is 1. The first kappa shape index (κ1) is 13.2. The molecular formula is C19H23N. The van der Waals surface area contributed by atoms with E-state index >= 15 is 0 Å². The average Bonchev–Trinajstić information content (AvgIpc) is 2.74. The van der Waals surface area contributed by atoms with Crippen molar-refractivity contribution in [1.82, 2.24) is 4.98 Å². The molecule has 1 heterocycles. The van der Waals surface area contributed by atoms with Gasteiger partial charge in [0.05, 0.1) is 0 Å². The molecule has 1 nitrogen and oxygen atoms in total. The lowest BCUT2D eigenvalue weighted by atomic mass is 9.86. The summed E-state index contributed by atoms with van der Waals surface area (Å²) in [5, 5.41) is 2.69. The summed E-state index contributed by atoms with van der Waals surface area (Å²) in [5.74, 6) is 0.565. The maximum absolute atomic E-state index is 3.52. The van der Waals surface area contributed by atoms with E-state index in [2.05, 4.69) is 76.0 Å². The van der Waals surface area contributed by atoms with Crippen LogP contribution in [0.1, 0.15) is 51.7 Å². The third-order valence-electron chi connectivity index (χ3n) is 4.16. The summed E-state index contributed by atoms with van der Waals surface area (Å²) in [4.78, 5) is 3.52. The Morgan fingerprint density at radius 1 is 0.850 bits per heavy atom. The summed E-state index contributed by atoms with van der Waals surface area (Å²) in [5.41, 5.74) is 5.44. The molecule has 0 aliphatic rings. The Kier molecular flexibility index (Phi) is 2.89. The molecule has 3 rings (SSSR count). The van der Waals surface area contributed by atoms with Crippen LogP contribution >= 0.6 is 0 Å². The zero-order chi connectivity index (χ0) is 14.5. The van der Waals surface area contributed by atoms with Crippen LogP contribution in [0.15, 0.2) is 36.4 Å². The standard InChI is InChI=1S/C19H23N/c1-12(2)13-6-8-17-15(10-13)16-11-14(19(3,4)5)7-9-18(16)20-17/h6-12,20H,1-5H3. The largest absolute Gasteiger partial charge is 0.355 e. The molecule has 0 fully saturated rings. The highest BCUT2D eigenvalue weighted by Crippen LogP contribution is 2.32. The molecule has 0 spiro atoms. The van der Waals surface area contributed by atoms with Crippen LogP contribution in [0, 0.1) is 0 Å². The van der Waals surface area contributed by atoms with Gasteiger partial charge in [0.25, 0.3) is 0 Å². The highest BCUT2D eigenvalue weighted by Gasteiger charge is 2.15. The minimum atomic E-state index is 0.188. The molecule has 0 saturated carbocycles. The summed E-state index contributed by atoms with van der Waals surface area (Å²) >= 11 is 0. The number of hydrogen-bond acceptors (Lipinski definition) is 0. The van der Waals surface area contributed by atoms with E-state index in [0.29, 0.717) is 5.92 Å². The fraction of sp³-hybridized carbons (Fsp3) is 0.368. The van der Waals surface area contributed by atoms with Crippen LogP contribution in [0.4, 0.5) is 0 Å². The van der Waals surface area contributed by atoms with Crippen LogP contribution < -0.4 is 0 Å². The van der Waals surface area contributed by atoms with E-state index in [4.69, 9.17) is 0 Å². The van der Waals surface area contributed by atoms with Crippen LogP contribution in [0.2, 0.25) is 0 Å². The molecule has 2 aromatic carbocycles. The molecule has 1 aromatic heterocycles. The topological polar surface area (TPSA) is 15.8 Å². The maximum atomic E-state index is 3.52. The zero-order valence-electron chi connectivity index (χ0n) is 13.0. The lowest BCUT2D eigenvalue weighted by Gasteiger charge is -2.18. The van der Waals surface area contributed by atoms with Crippen molar-refractivity contribution in [2.75, 3.05) is 0 Å². The van der Waals surface area contributed by atoms with E-state index in [0.717, 1.165) is 0 Å². The van der Waals surface area contributed by atoms with Crippen molar-refractivity contribution >= 4 is 21.8 Å². The average molecular weight is 265 g/mol. The quantitative estimate of drug-likeness (QED) is 0.577. The molecule has 0 aliphatic heterocycles. The summed E-state index contributed by atoms with van der Waals surface area (Å²) in [6.45, 7) is 11.3. The molecule has 0 unspecified atom stereocenters. The van der Waals surface area contributed by atoms with Gasteiger partial charge in [-0.15, -0.1) is 0 Å². The van der Waals surface area contributed by atoms with Gasteiger partial charge in [-0.3, -0.25) is 0 Å². The van der Waals surface area contributed by atoms with Crippen molar-refractivity contribution in [2.24, 2.45) is 0 Å². The highest BCUT2D eigenvalue weighted by atomic mass is 14.7. The van der Waals surface area contributed by atoms with Crippen LogP contribution in [0.3, 0.4) is 0 Å². The summed E-state index contributed by atoms with van der Waals surface area (Å²) in [6, 6.07) is 13.6. The van der Waals surface area contributed by atoms with E-state index in [1.807, 2.05) is 0 Å². The summed E-state index contributed by atoms with van der Waals surface area (Å²) < 4.78 is 0. The Hall–Kier alpha value is -1.76. The van der Waals surface area contributed by atoms with E-state index in [9.17, 15) is 0 Å². The lowest BCUT2D eigenvalue weighted by molar-refractivity contribution is 0.591. The second-order valence-electron chi connectivity index (χ2n) is 7.10. The molecule has 0 radical (unpaired) electrons. The number of aromatic amines is 1. The molecule has 0 atom stereocenters. The Bertz CT molecular complexity index is 769. The van der Waals surface area contributed by atoms with Gasteiger partial charge in [0.2, 0.25) is 0 Å². The van der Waals surface area contributed by atoms with Gasteiger partial charge >= 0.3 is 0 Å². The van der Waals surface area contributed by atoms with Gasteiger partial charge in [0, 0.05) is 21.8 Å². The molecule has 0 amide bonds. The third-order valence-corrected chi connectivity index (χ3v) is 4.16. The predicted molar refractivity (Wildman–Crippen MR) is 88.6 cm³/mol. The van der Waals surface area contributed by atoms with Crippen molar-refractivity contribution in [1.29, 1.82) is 0 Å². The van der Waals surface area contributed by atoms with Gasteiger partial charge in [-0.25, -0.2) is 0 Å². The molecule has 1 N–H and O–H groups in total. The van der Waals surface area contributed by atoms with Crippen molar-refractivity contribution in [2.45, 2.75) is 46.0 Å². The fourth-order valence-corrected chi connectivity index (χ4v) is 2.74.